The van der Waals surface area contributed by atoms with Gasteiger partial charge in [0, 0.05) is 18.6 Å². The van der Waals surface area contributed by atoms with Gasteiger partial charge in [-0.3, -0.25) is 19.6 Å². The Hall–Kier alpha value is -3.41. The first kappa shape index (κ1) is 24.2. The van der Waals surface area contributed by atoms with E-state index in [0.29, 0.717) is 5.75 Å². The van der Waals surface area contributed by atoms with Crippen LogP contribution in [0.5, 0.6) is 11.5 Å². The van der Waals surface area contributed by atoms with Crippen molar-refractivity contribution < 1.29 is 27.6 Å². The van der Waals surface area contributed by atoms with Gasteiger partial charge in [-0.25, -0.2) is 0 Å². The highest BCUT2D eigenvalue weighted by Gasteiger charge is 2.37. The van der Waals surface area contributed by atoms with Crippen molar-refractivity contribution in [3.8, 4) is 11.5 Å². The molecule has 0 spiro atoms. The zero-order valence-electron chi connectivity index (χ0n) is 17.4. The fourth-order valence-corrected chi connectivity index (χ4v) is 3.48. The van der Waals surface area contributed by atoms with Crippen LogP contribution in [0.4, 0.5) is 24.5 Å². The molecule has 2 aromatic carbocycles. The summed E-state index contributed by atoms with van der Waals surface area (Å²) in [5, 5.41) is 17.3. The van der Waals surface area contributed by atoms with Crippen molar-refractivity contribution in [1.29, 1.82) is 0 Å². The third-order valence-electron chi connectivity index (χ3n) is 4.66. The summed E-state index contributed by atoms with van der Waals surface area (Å²) in [5.74, 6) is 0.0860. The molecular weight excluding hydrogens is 509 g/mol. The normalized spacial score (nSPS) is 11.3. The molecule has 1 N–H and O–H groups in total. The summed E-state index contributed by atoms with van der Waals surface area (Å²) < 4.78 is 45.6. The molecule has 0 atom stereocenters. The van der Waals surface area contributed by atoms with E-state index in [1.807, 2.05) is 19.1 Å². The van der Waals surface area contributed by atoms with Crippen LogP contribution in [0.3, 0.4) is 0 Å². The molecule has 0 aliphatic carbocycles. The average Bonchev–Trinajstić information content (AvgIpc) is 3.02. The van der Waals surface area contributed by atoms with E-state index in [1.54, 1.807) is 12.1 Å². The number of rotatable bonds is 7. The molecule has 0 aliphatic heterocycles. The van der Waals surface area contributed by atoms with Crippen molar-refractivity contribution in [2.45, 2.75) is 33.0 Å². The smallest absolute Gasteiger partial charge is 0.436 e. The molecule has 0 fully saturated rings. The number of non-ortho nitro benzene ring substituents is 1. The van der Waals surface area contributed by atoms with Crippen LogP contribution in [0.2, 0.25) is 0 Å². The molecule has 0 saturated carbocycles. The Bertz CT molecular complexity index is 1210. The maximum Gasteiger partial charge on any atom is 0.436 e. The predicted molar refractivity (Wildman–Crippen MR) is 117 cm³/mol. The fourth-order valence-electron chi connectivity index (χ4n) is 2.97. The lowest BCUT2D eigenvalue weighted by molar-refractivity contribution is -0.384. The first-order valence-corrected chi connectivity index (χ1v) is 10.4. The Morgan fingerprint density at radius 2 is 1.94 bits per heavy atom. The van der Waals surface area contributed by atoms with Crippen LogP contribution >= 0.6 is 15.9 Å². The molecule has 3 aromatic rings. The van der Waals surface area contributed by atoms with Crippen molar-refractivity contribution in [1.82, 2.24) is 9.78 Å². The number of aromatic nitrogens is 2. The number of aryl methyl sites for hydroxylation is 2. The molecule has 0 saturated heterocycles. The Kier molecular flexibility index (Phi) is 7.06. The van der Waals surface area contributed by atoms with E-state index in [1.165, 1.54) is 25.1 Å². The first-order valence-electron chi connectivity index (χ1n) is 9.58. The third-order valence-corrected chi connectivity index (χ3v) is 5.61. The number of amides is 1. The number of nitrogens with zero attached hydrogens (tertiary/aromatic N) is 3. The van der Waals surface area contributed by atoms with Gasteiger partial charge in [0.1, 0.15) is 11.5 Å². The lowest BCUT2D eigenvalue weighted by atomic mass is 10.2. The minimum absolute atomic E-state index is 0.117. The number of hydrogen-bond acceptors (Lipinski definition) is 5. The number of para-hydroxylation sites is 1. The molecule has 0 aliphatic rings. The van der Waals surface area contributed by atoms with E-state index in [0.717, 1.165) is 10.2 Å². The second kappa shape index (κ2) is 9.61. The molecular formula is C21H18BrF3N4O4. The molecule has 1 aromatic heterocycles. The van der Waals surface area contributed by atoms with Gasteiger partial charge in [0.25, 0.3) is 5.69 Å². The van der Waals surface area contributed by atoms with Gasteiger partial charge in [-0.05, 0) is 41.4 Å². The number of nitrogens with one attached hydrogen (secondary N) is 1. The third kappa shape index (κ3) is 5.89. The molecule has 33 heavy (non-hydrogen) atoms. The SMILES string of the molecule is Cc1ccccc1Oc1cc(NC(=O)CCn2nc(C(F)(F)F)c(Br)c2C)cc([N+](=O)[O-])c1. The summed E-state index contributed by atoms with van der Waals surface area (Å²) in [6, 6.07) is 10.9. The standard InChI is InChI=1S/C21H18BrF3N4O4/c1-12-5-3-4-6-17(12)33-16-10-14(9-15(11-16)29(31)32)26-18(30)7-8-28-13(2)19(22)20(27-28)21(23,24)25/h3-6,9-11H,7-8H2,1-2H3,(H,26,30). The van der Waals surface area contributed by atoms with Crippen molar-refractivity contribution in [2.75, 3.05) is 5.32 Å². The number of carbonyl (C=O) groups is 1. The number of nitro groups is 1. The second-order valence-electron chi connectivity index (χ2n) is 7.11. The molecule has 1 heterocycles. The van der Waals surface area contributed by atoms with Gasteiger partial charge in [0.15, 0.2) is 5.69 Å². The molecule has 1 amide bonds. The van der Waals surface area contributed by atoms with Gasteiger partial charge in [-0.15, -0.1) is 0 Å². The van der Waals surface area contributed by atoms with E-state index in [2.05, 4.69) is 26.3 Å². The number of carbonyl (C=O) groups excluding carboxylic acids is 1. The molecule has 12 heteroatoms. The largest absolute Gasteiger partial charge is 0.457 e. The van der Waals surface area contributed by atoms with E-state index in [9.17, 15) is 28.1 Å². The maximum absolute atomic E-state index is 13.0. The van der Waals surface area contributed by atoms with Gasteiger partial charge in [0.05, 0.1) is 33.4 Å². The van der Waals surface area contributed by atoms with Crippen molar-refractivity contribution >= 4 is 33.2 Å². The van der Waals surface area contributed by atoms with E-state index in [-0.39, 0.29) is 40.3 Å². The number of hydrogen-bond donors (Lipinski definition) is 1. The Morgan fingerprint density at radius 1 is 1.24 bits per heavy atom. The van der Waals surface area contributed by atoms with Gasteiger partial charge in [-0.2, -0.15) is 18.3 Å². The van der Waals surface area contributed by atoms with Crippen LogP contribution in [-0.4, -0.2) is 20.6 Å². The summed E-state index contributed by atoms with van der Waals surface area (Å²) in [4.78, 5) is 23.1. The molecule has 0 radical (unpaired) electrons. The average molecular weight is 527 g/mol. The zero-order valence-corrected chi connectivity index (χ0v) is 19.0. The predicted octanol–water partition coefficient (Wildman–Crippen LogP) is 6.01. The number of nitro benzene ring substituents is 1. The van der Waals surface area contributed by atoms with Crippen LogP contribution in [-0.2, 0) is 17.5 Å². The van der Waals surface area contributed by atoms with E-state index >= 15 is 0 Å². The van der Waals surface area contributed by atoms with Crippen molar-refractivity contribution in [2.24, 2.45) is 0 Å². The highest BCUT2D eigenvalue weighted by atomic mass is 79.9. The van der Waals surface area contributed by atoms with E-state index in [4.69, 9.17) is 4.74 Å². The van der Waals surface area contributed by atoms with Crippen LogP contribution in [0.1, 0.15) is 23.4 Å². The number of halogens is 4. The number of ether oxygens (including phenoxy) is 1. The molecule has 0 unspecified atom stereocenters. The lowest BCUT2D eigenvalue weighted by Gasteiger charge is -2.11. The molecule has 174 valence electrons. The quantitative estimate of drug-likeness (QED) is 0.300. The minimum Gasteiger partial charge on any atom is -0.457 e. The Balaban J connectivity index is 1.75. The summed E-state index contributed by atoms with van der Waals surface area (Å²) in [6.45, 7) is 3.14. The van der Waals surface area contributed by atoms with Crippen LogP contribution in [0.25, 0.3) is 0 Å². The van der Waals surface area contributed by atoms with Crippen LogP contribution in [0.15, 0.2) is 46.9 Å². The van der Waals surface area contributed by atoms with Crippen LogP contribution < -0.4 is 10.1 Å². The number of anilines is 1. The van der Waals surface area contributed by atoms with Gasteiger partial charge in [-0.1, -0.05) is 18.2 Å². The Morgan fingerprint density at radius 3 is 2.55 bits per heavy atom. The van der Waals surface area contributed by atoms with Crippen LogP contribution in [0, 0.1) is 24.0 Å². The highest BCUT2D eigenvalue weighted by Crippen LogP contribution is 2.35. The number of alkyl halides is 3. The Labute approximate surface area is 194 Å². The van der Waals surface area contributed by atoms with Gasteiger partial charge in [0.2, 0.25) is 5.91 Å². The monoisotopic (exact) mass is 526 g/mol. The molecule has 0 bridgehead atoms. The minimum atomic E-state index is -4.63. The summed E-state index contributed by atoms with van der Waals surface area (Å²) >= 11 is 2.88. The first-order chi connectivity index (χ1) is 15.5. The molecule has 8 nitrogen and oxygen atoms in total. The zero-order chi connectivity index (χ0) is 24.3. The van der Waals surface area contributed by atoms with Crippen molar-refractivity contribution in [3.63, 3.8) is 0 Å². The molecule has 3 rings (SSSR count). The maximum atomic E-state index is 13.0. The fraction of sp³-hybridized carbons (Fsp3) is 0.238. The highest BCUT2D eigenvalue weighted by molar-refractivity contribution is 9.10. The summed E-state index contributed by atoms with van der Waals surface area (Å²) in [7, 11) is 0. The topological polar surface area (TPSA) is 99.3 Å². The summed E-state index contributed by atoms with van der Waals surface area (Å²) in [5.41, 5.74) is -0.213. The number of benzene rings is 2. The van der Waals surface area contributed by atoms with E-state index < -0.39 is 22.7 Å². The van der Waals surface area contributed by atoms with Gasteiger partial charge < -0.3 is 10.1 Å². The second-order valence-corrected chi connectivity index (χ2v) is 7.90. The lowest BCUT2D eigenvalue weighted by Crippen LogP contribution is -2.16. The van der Waals surface area contributed by atoms with Crippen molar-refractivity contribution in [3.05, 3.63) is 74.0 Å². The van der Waals surface area contributed by atoms with Gasteiger partial charge >= 0.3 is 6.18 Å². The summed E-state index contributed by atoms with van der Waals surface area (Å²) in [6.07, 6.45) is -4.84.